The molecule has 0 aliphatic rings. The number of nitrogens with zero attached hydrogens (tertiary/aromatic N) is 1. The summed E-state index contributed by atoms with van der Waals surface area (Å²) in [4.78, 5) is 17.0. The monoisotopic (exact) mass is 326 g/mol. The Morgan fingerprint density at radius 3 is 2.61 bits per heavy atom. The van der Waals surface area contributed by atoms with Gasteiger partial charge in [-0.25, -0.2) is 0 Å². The van der Waals surface area contributed by atoms with Crippen molar-refractivity contribution in [2.45, 2.75) is 19.9 Å². The fraction of sp³-hybridized carbons (Fsp3) is 0.158. The first-order chi connectivity index (χ1) is 10.6. The van der Waals surface area contributed by atoms with Crippen LogP contribution in [0.4, 0.5) is 0 Å². The molecule has 0 bridgehead atoms. The SMILES string of the molecule is Cc1cc([C@@H](C)N)ccc1C(=O)c1cccc2cnccc12.Cl. The molecule has 2 N–H and O–H groups in total. The molecule has 0 fully saturated rings. The van der Waals surface area contributed by atoms with E-state index in [1.165, 1.54) is 0 Å². The summed E-state index contributed by atoms with van der Waals surface area (Å²) in [7, 11) is 0. The molecule has 3 aromatic rings. The second-order valence-electron chi connectivity index (χ2n) is 5.59. The number of carbonyl (C=O) groups excluding carboxylic acids is 1. The third kappa shape index (κ3) is 3.26. The fourth-order valence-corrected chi connectivity index (χ4v) is 2.69. The maximum absolute atomic E-state index is 12.9. The zero-order valence-electron chi connectivity index (χ0n) is 13.1. The van der Waals surface area contributed by atoms with Crippen molar-refractivity contribution in [2.75, 3.05) is 0 Å². The van der Waals surface area contributed by atoms with E-state index in [4.69, 9.17) is 5.73 Å². The summed E-state index contributed by atoms with van der Waals surface area (Å²) in [6, 6.07) is 13.4. The maximum atomic E-state index is 12.9. The molecule has 23 heavy (non-hydrogen) atoms. The Bertz CT molecular complexity index is 854. The third-order valence-corrected chi connectivity index (χ3v) is 3.95. The predicted molar refractivity (Wildman–Crippen MR) is 96.2 cm³/mol. The van der Waals surface area contributed by atoms with Gasteiger partial charge in [-0.1, -0.05) is 36.4 Å². The topological polar surface area (TPSA) is 56.0 Å². The van der Waals surface area contributed by atoms with Gasteiger partial charge in [0.2, 0.25) is 0 Å². The fourth-order valence-electron chi connectivity index (χ4n) is 2.69. The number of ketones is 1. The van der Waals surface area contributed by atoms with Gasteiger partial charge in [-0.15, -0.1) is 12.4 Å². The molecule has 0 amide bonds. The van der Waals surface area contributed by atoms with Gasteiger partial charge < -0.3 is 5.73 Å². The van der Waals surface area contributed by atoms with Crippen LogP contribution in [0.5, 0.6) is 0 Å². The standard InChI is InChI=1S/C19H18N2O.ClH/c1-12-10-14(13(2)20)6-7-16(12)19(22)18-5-3-4-15-11-21-9-8-17(15)18;/h3-11,13H,20H2,1-2H3;1H/t13-;/m1./s1. The van der Waals surface area contributed by atoms with Crippen LogP contribution in [0.2, 0.25) is 0 Å². The van der Waals surface area contributed by atoms with Crippen molar-refractivity contribution in [3.05, 3.63) is 77.1 Å². The molecule has 4 heteroatoms. The molecule has 0 spiro atoms. The summed E-state index contributed by atoms with van der Waals surface area (Å²) in [5, 5.41) is 1.90. The number of rotatable bonds is 3. The van der Waals surface area contributed by atoms with E-state index in [1.807, 2.05) is 56.3 Å². The van der Waals surface area contributed by atoms with Crippen molar-refractivity contribution >= 4 is 29.0 Å². The van der Waals surface area contributed by atoms with Crippen LogP contribution in [0.15, 0.2) is 54.9 Å². The number of carbonyl (C=O) groups is 1. The molecule has 118 valence electrons. The second kappa shape index (κ2) is 6.90. The van der Waals surface area contributed by atoms with Gasteiger partial charge in [0.15, 0.2) is 5.78 Å². The van der Waals surface area contributed by atoms with Crippen LogP contribution >= 0.6 is 12.4 Å². The third-order valence-electron chi connectivity index (χ3n) is 3.95. The Hall–Kier alpha value is -2.23. The number of aryl methyl sites for hydroxylation is 1. The summed E-state index contributed by atoms with van der Waals surface area (Å²) in [5.74, 6) is 0.0329. The van der Waals surface area contributed by atoms with Crippen LogP contribution in [-0.4, -0.2) is 10.8 Å². The second-order valence-corrected chi connectivity index (χ2v) is 5.59. The van der Waals surface area contributed by atoms with E-state index in [2.05, 4.69) is 4.98 Å². The normalized spacial score (nSPS) is 11.8. The number of pyridine rings is 1. The van der Waals surface area contributed by atoms with E-state index in [9.17, 15) is 4.79 Å². The highest BCUT2D eigenvalue weighted by Crippen LogP contribution is 2.23. The maximum Gasteiger partial charge on any atom is 0.193 e. The molecule has 0 saturated carbocycles. The number of aromatic nitrogens is 1. The average Bonchev–Trinajstić information content (AvgIpc) is 2.53. The predicted octanol–water partition coefficient (Wildman–Crippen LogP) is 4.22. The highest BCUT2D eigenvalue weighted by atomic mass is 35.5. The Labute approximate surface area is 142 Å². The minimum Gasteiger partial charge on any atom is -0.324 e. The van der Waals surface area contributed by atoms with Gasteiger partial charge >= 0.3 is 0 Å². The molecule has 0 unspecified atom stereocenters. The smallest absolute Gasteiger partial charge is 0.193 e. The first-order valence-corrected chi connectivity index (χ1v) is 7.31. The van der Waals surface area contributed by atoms with Gasteiger partial charge in [0.1, 0.15) is 0 Å². The quantitative estimate of drug-likeness (QED) is 0.733. The molecule has 1 atom stereocenters. The molecule has 1 aromatic heterocycles. The van der Waals surface area contributed by atoms with Crippen molar-refractivity contribution in [1.29, 1.82) is 0 Å². The van der Waals surface area contributed by atoms with Crippen molar-refractivity contribution in [2.24, 2.45) is 5.73 Å². The number of hydrogen-bond donors (Lipinski definition) is 1. The summed E-state index contributed by atoms with van der Waals surface area (Å²) in [6.45, 7) is 3.89. The van der Waals surface area contributed by atoms with E-state index < -0.39 is 0 Å². The van der Waals surface area contributed by atoms with Crippen molar-refractivity contribution < 1.29 is 4.79 Å². The molecule has 0 aliphatic carbocycles. The molecular formula is C19H19ClN2O. The van der Waals surface area contributed by atoms with Crippen LogP contribution in [0.3, 0.4) is 0 Å². The van der Waals surface area contributed by atoms with Crippen LogP contribution in [-0.2, 0) is 0 Å². The zero-order chi connectivity index (χ0) is 15.7. The van der Waals surface area contributed by atoms with Gasteiger partial charge in [-0.05, 0) is 36.4 Å². The highest BCUT2D eigenvalue weighted by Gasteiger charge is 2.15. The Balaban J connectivity index is 0.00000192. The van der Waals surface area contributed by atoms with Gasteiger partial charge in [-0.3, -0.25) is 9.78 Å². The Morgan fingerprint density at radius 2 is 1.91 bits per heavy atom. The van der Waals surface area contributed by atoms with Gasteiger partial charge in [0.05, 0.1) is 0 Å². The molecule has 1 heterocycles. The van der Waals surface area contributed by atoms with Crippen molar-refractivity contribution in [3.8, 4) is 0 Å². The molecular weight excluding hydrogens is 308 g/mol. The van der Waals surface area contributed by atoms with Crippen LogP contribution < -0.4 is 5.73 Å². The van der Waals surface area contributed by atoms with Gasteiger partial charge in [0.25, 0.3) is 0 Å². The van der Waals surface area contributed by atoms with Crippen LogP contribution in [0.25, 0.3) is 10.8 Å². The minimum absolute atomic E-state index is 0. The van der Waals surface area contributed by atoms with Gasteiger partial charge in [-0.2, -0.15) is 0 Å². The lowest BCUT2D eigenvalue weighted by Gasteiger charge is -2.11. The summed E-state index contributed by atoms with van der Waals surface area (Å²) in [6.07, 6.45) is 3.49. The van der Waals surface area contributed by atoms with Crippen LogP contribution in [0, 0.1) is 6.92 Å². The highest BCUT2D eigenvalue weighted by molar-refractivity contribution is 6.16. The number of halogens is 1. The number of fused-ring (bicyclic) bond motifs is 1. The first kappa shape index (κ1) is 17.1. The molecule has 3 rings (SSSR count). The molecule has 0 aliphatic heterocycles. The summed E-state index contributed by atoms with van der Waals surface area (Å²) < 4.78 is 0. The minimum atomic E-state index is -0.0357. The Morgan fingerprint density at radius 1 is 1.13 bits per heavy atom. The largest absolute Gasteiger partial charge is 0.324 e. The first-order valence-electron chi connectivity index (χ1n) is 7.31. The number of benzene rings is 2. The molecule has 0 saturated heterocycles. The van der Waals surface area contributed by atoms with Crippen molar-refractivity contribution in [3.63, 3.8) is 0 Å². The average molecular weight is 327 g/mol. The zero-order valence-corrected chi connectivity index (χ0v) is 13.9. The molecule has 0 radical (unpaired) electrons. The van der Waals surface area contributed by atoms with Gasteiger partial charge in [0, 0.05) is 34.9 Å². The lowest BCUT2D eigenvalue weighted by molar-refractivity contribution is 0.103. The summed E-state index contributed by atoms with van der Waals surface area (Å²) >= 11 is 0. The molecule has 3 nitrogen and oxygen atoms in total. The van der Waals surface area contributed by atoms with E-state index in [0.717, 1.165) is 21.9 Å². The van der Waals surface area contributed by atoms with Crippen LogP contribution in [0.1, 0.15) is 40.0 Å². The van der Waals surface area contributed by atoms with E-state index in [0.29, 0.717) is 11.1 Å². The van der Waals surface area contributed by atoms with Crippen molar-refractivity contribution in [1.82, 2.24) is 4.98 Å². The lowest BCUT2D eigenvalue weighted by Crippen LogP contribution is -2.08. The molecule has 2 aromatic carbocycles. The Kier molecular flexibility index (Phi) is 5.14. The van der Waals surface area contributed by atoms with E-state index >= 15 is 0 Å². The number of nitrogens with two attached hydrogens (primary N) is 1. The number of hydrogen-bond acceptors (Lipinski definition) is 3. The van der Waals surface area contributed by atoms with E-state index in [1.54, 1.807) is 12.4 Å². The van der Waals surface area contributed by atoms with E-state index in [-0.39, 0.29) is 24.2 Å². The lowest BCUT2D eigenvalue weighted by atomic mass is 9.93. The summed E-state index contributed by atoms with van der Waals surface area (Å²) in [5.41, 5.74) is 9.31.